The summed E-state index contributed by atoms with van der Waals surface area (Å²) < 4.78 is 11.1. The number of fused-ring (bicyclic) bond motifs is 1. The van der Waals surface area contributed by atoms with Crippen molar-refractivity contribution in [2.24, 2.45) is 0 Å². The lowest BCUT2D eigenvalue weighted by atomic mass is 10.0. The second-order valence-corrected chi connectivity index (χ2v) is 4.69. The number of benzene rings is 2. The molecule has 1 heterocycles. The van der Waals surface area contributed by atoms with E-state index in [0.29, 0.717) is 25.4 Å². The number of allylic oxidation sites excluding steroid dienone is 1. The molecule has 2 aromatic rings. The third kappa shape index (κ3) is 2.35. The smallest absolute Gasteiger partial charge is 0.161 e. The lowest BCUT2D eigenvalue weighted by Gasteiger charge is -2.19. The molecule has 20 heavy (non-hydrogen) atoms. The molecule has 0 saturated carbocycles. The van der Waals surface area contributed by atoms with Gasteiger partial charge < -0.3 is 14.6 Å². The van der Waals surface area contributed by atoms with Crippen molar-refractivity contribution in [3.05, 3.63) is 54.6 Å². The van der Waals surface area contributed by atoms with E-state index >= 15 is 0 Å². The largest absolute Gasteiger partial charge is 0.508 e. The van der Waals surface area contributed by atoms with E-state index in [1.54, 1.807) is 12.1 Å². The number of hydrogen-bond donors (Lipinski definition) is 1. The van der Waals surface area contributed by atoms with Gasteiger partial charge in [0.2, 0.25) is 0 Å². The van der Waals surface area contributed by atoms with E-state index in [9.17, 15) is 5.11 Å². The summed E-state index contributed by atoms with van der Waals surface area (Å²) in [4.78, 5) is 0. The van der Waals surface area contributed by atoms with Crippen molar-refractivity contribution in [3.63, 3.8) is 0 Å². The van der Waals surface area contributed by atoms with Crippen molar-refractivity contribution in [1.29, 1.82) is 0 Å². The first kappa shape index (κ1) is 12.6. The van der Waals surface area contributed by atoms with E-state index in [4.69, 9.17) is 9.47 Å². The zero-order chi connectivity index (χ0) is 13.9. The highest BCUT2D eigenvalue weighted by molar-refractivity contribution is 5.69. The molecule has 102 valence electrons. The number of ether oxygens (including phenoxy) is 2. The molecule has 1 aliphatic heterocycles. The zero-order valence-corrected chi connectivity index (χ0v) is 11.1. The molecule has 0 unspecified atom stereocenters. The van der Waals surface area contributed by atoms with E-state index in [1.807, 2.05) is 30.3 Å². The molecule has 0 saturated heterocycles. The number of aromatic hydroxyl groups is 1. The Morgan fingerprint density at radius 3 is 2.50 bits per heavy atom. The highest BCUT2D eigenvalue weighted by Gasteiger charge is 2.13. The topological polar surface area (TPSA) is 38.7 Å². The summed E-state index contributed by atoms with van der Waals surface area (Å²) in [5, 5.41) is 9.81. The minimum Gasteiger partial charge on any atom is -0.508 e. The van der Waals surface area contributed by atoms with Gasteiger partial charge in [-0.05, 0) is 47.4 Å². The Bertz CT molecular complexity index is 647. The van der Waals surface area contributed by atoms with Crippen molar-refractivity contribution >= 4 is 0 Å². The lowest BCUT2D eigenvalue weighted by Crippen LogP contribution is -2.15. The molecular formula is C17H16O3. The van der Waals surface area contributed by atoms with Gasteiger partial charge in [0.05, 0.1) is 0 Å². The van der Waals surface area contributed by atoms with E-state index in [2.05, 4.69) is 6.58 Å². The maximum Gasteiger partial charge on any atom is 0.161 e. The average Bonchev–Trinajstić information content (AvgIpc) is 2.49. The Kier molecular flexibility index (Phi) is 3.33. The van der Waals surface area contributed by atoms with Crippen LogP contribution in [-0.2, 0) is 6.42 Å². The fourth-order valence-corrected chi connectivity index (χ4v) is 2.31. The van der Waals surface area contributed by atoms with Gasteiger partial charge in [-0.2, -0.15) is 0 Å². The third-order valence-electron chi connectivity index (χ3n) is 3.32. The maximum absolute atomic E-state index is 9.81. The van der Waals surface area contributed by atoms with Crippen LogP contribution in [0, 0.1) is 0 Å². The maximum atomic E-state index is 9.81. The van der Waals surface area contributed by atoms with Crippen LogP contribution in [0.25, 0.3) is 11.1 Å². The normalized spacial score (nSPS) is 13.0. The van der Waals surface area contributed by atoms with Crippen LogP contribution in [0.4, 0.5) is 0 Å². The molecule has 3 rings (SSSR count). The van der Waals surface area contributed by atoms with E-state index in [1.165, 1.54) is 0 Å². The van der Waals surface area contributed by atoms with Gasteiger partial charge in [0.25, 0.3) is 0 Å². The molecule has 0 amide bonds. The Hall–Kier alpha value is -2.42. The Labute approximate surface area is 118 Å². The Morgan fingerprint density at radius 2 is 1.70 bits per heavy atom. The minimum atomic E-state index is 0.297. The molecule has 0 radical (unpaired) electrons. The Balaban J connectivity index is 2.00. The number of hydrogen-bond acceptors (Lipinski definition) is 3. The monoisotopic (exact) mass is 268 g/mol. The number of rotatable bonds is 3. The molecule has 0 fully saturated rings. The minimum absolute atomic E-state index is 0.297. The van der Waals surface area contributed by atoms with Crippen molar-refractivity contribution in [3.8, 4) is 28.4 Å². The highest BCUT2D eigenvalue weighted by Crippen LogP contribution is 2.35. The number of phenols is 1. The molecule has 0 bridgehead atoms. The van der Waals surface area contributed by atoms with Crippen LogP contribution >= 0.6 is 0 Å². The summed E-state index contributed by atoms with van der Waals surface area (Å²) in [5.41, 5.74) is 2.95. The van der Waals surface area contributed by atoms with Crippen molar-refractivity contribution in [1.82, 2.24) is 0 Å². The van der Waals surface area contributed by atoms with E-state index < -0.39 is 0 Å². The van der Waals surface area contributed by atoms with E-state index in [0.717, 1.165) is 28.2 Å². The SMILES string of the molecule is C=CCc1cc(-c2ccc3c(c2)OCCO3)ccc1O. The first-order valence-electron chi connectivity index (χ1n) is 6.61. The van der Waals surface area contributed by atoms with Gasteiger partial charge in [-0.25, -0.2) is 0 Å². The molecule has 0 spiro atoms. The second kappa shape index (κ2) is 5.29. The summed E-state index contributed by atoms with van der Waals surface area (Å²) in [6, 6.07) is 11.5. The second-order valence-electron chi connectivity index (χ2n) is 4.69. The first-order chi connectivity index (χ1) is 9.78. The molecule has 2 aromatic carbocycles. The quantitative estimate of drug-likeness (QED) is 0.865. The van der Waals surface area contributed by atoms with Gasteiger partial charge >= 0.3 is 0 Å². The van der Waals surface area contributed by atoms with Crippen LogP contribution in [0.15, 0.2) is 49.1 Å². The summed E-state index contributed by atoms with van der Waals surface area (Å²) in [7, 11) is 0. The van der Waals surface area contributed by atoms with E-state index in [-0.39, 0.29) is 0 Å². The van der Waals surface area contributed by atoms with Crippen LogP contribution in [0.3, 0.4) is 0 Å². The van der Waals surface area contributed by atoms with Gasteiger partial charge in [0.1, 0.15) is 19.0 Å². The Morgan fingerprint density at radius 1 is 1.00 bits per heavy atom. The average molecular weight is 268 g/mol. The van der Waals surface area contributed by atoms with Crippen molar-refractivity contribution < 1.29 is 14.6 Å². The van der Waals surface area contributed by atoms with Crippen LogP contribution in [0.5, 0.6) is 17.2 Å². The summed E-state index contributed by atoms with van der Waals surface area (Å²) in [6.45, 7) is 4.88. The highest BCUT2D eigenvalue weighted by atomic mass is 16.6. The summed E-state index contributed by atoms with van der Waals surface area (Å²) in [6.07, 6.45) is 2.42. The standard InChI is InChI=1S/C17H16O3/c1-2-3-14-10-12(4-6-15(14)18)13-5-7-16-17(11-13)20-9-8-19-16/h2,4-7,10-11,18H,1,3,8-9H2. The van der Waals surface area contributed by atoms with Crippen LogP contribution < -0.4 is 9.47 Å². The molecule has 3 heteroatoms. The molecular weight excluding hydrogens is 252 g/mol. The summed E-state index contributed by atoms with van der Waals surface area (Å²) >= 11 is 0. The fourth-order valence-electron chi connectivity index (χ4n) is 2.31. The number of phenolic OH excluding ortho intramolecular Hbond substituents is 1. The molecule has 1 aliphatic rings. The van der Waals surface area contributed by atoms with Crippen molar-refractivity contribution in [2.75, 3.05) is 13.2 Å². The molecule has 3 nitrogen and oxygen atoms in total. The lowest BCUT2D eigenvalue weighted by molar-refractivity contribution is 0.171. The van der Waals surface area contributed by atoms with Crippen LogP contribution in [-0.4, -0.2) is 18.3 Å². The van der Waals surface area contributed by atoms with Gasteiger partial charge in [-0.1, -0.05) is 18.2 Å². The fraction of sp³-hybridized carbons (Fsp3) is 0.176. The van der Waals surface area contributed by atoms with Crippen LogP contribution in [0.2, 0.25) is 0 Å². The molecule has 0 aliphatic carbocycles. The van der Waals surface area contributed by atoms with Gasteiger partial charge in [-0.3, -0.25) is 0 Å². The first-order valence-corrected chi connectivity index (χ1v) is 6.61. The van der Waals surface area contributed by atoms with Gasteiger partial charge in [0, 0.05) is 0 Å². The van der Waals surface area contributed by atoms with Gasteiger partial charge in [-0.15, -0.1) is 6.58 Å². The zero-order valence-electron chi connectivity index (χ0n) is 11.1. The summed E-state index contributed by atoms with van der Waals surface area (Å²) in [5.74, 6) is 1.85. The van der Waals surface area contributed by atoms with Crippen molar-refractivity contribution in [2.45, 2.75) is 6.42 Å². The van der Waals surface area contributed by atoms with Gasteiger partial charge in [0.15, 0.2) is 11.5 Å². The third-order valence-corrected chi connectivity index (χ3v) is 3.32. The molecule has 1 N–H and O–H groups in total. The predicted molar refractivity (Wildman–Crippen MR) is 78.4 cm³/mol. The molecule has 0 aromatic heterocycles. The predicted octanol–water partition coefficient (Wildman–Crippen LogP) is 3.56. The molecule has 0 atom stereocenters. The van der Waals surface area contributed by atoms with Crippen LogP contribution in [0.1, 0.15) is 5.56 Å².